The molecule has 1 aliphatic heterocycles. The summed E-state index contributed by atoms with van der Waals surface area (Å²) in [6, 6.07) is 0.0318. The molecule has 0 bridgehead atoms. The highest BCUT2D eigenvalue weighted by molar-refractivity contribution is 5.95. The number of nitrogens with zero attached hydrogens (tertiary/aromatic N) is 2. The lowest BCUT2D eigenvalue weighted by Gasteiger charge is -2.30. The molecule has 1 atom stereocenters. The SMILES string of the molecule is CN1C[C@@H](NC(=O)c2cn[nH]c2C2CCCCC2)CCC1=O. The lowest BCUT2D eigenvalue weighted by Crippen LogP contribution is -2.48. The second-order valence-electron chi connectivity index (χ2n) is 6.52. The molecule has 1 aliphatic carbocycles. The molecule has 0 radical (unpaired) electrons. The van der Waals surface area contributed by atoms with Crippen LogP contribution in [0.15, 0.2) is 6.20 Å². The average molecular weight is 304 g/mol. The quantitative estimate of drug-likeness (QED) is 0.894. The fourth-order valence-corrected chi connectivity index (χ4v) is 3.57. The van der Waals surface area contributed by atoms with E-state index in [-0.39, 0.29) is 17.9 Å². The Kier molecular flexibility index (Phi) is 4.45. The molecule has 2 N–H and O–H groups in total. The van der Waals surface area contributed by atoms with Crippen LogP contribution in [-0.4, -0.2) is 46.5 Å². The van der Waals surface area contributed by atoms with Crippen LogP contribution in [0.2, 0.25) is 0 Å². The maximum Gasteiger partial charge on any atom is 0.255 e. The highest BCUT2D eigenvalue weighted by Crippen LogP contribution is 2.33. The number of carbonyl (C=O) groups excluding carboxylic acids is 2. The van der Waals surface area contributed by atoms with Gasteiger partial charge in [0.1, 0.15) is 0 Å². The van der Waals surface area contributed by atoms with Gasteiger partial charge in [-0.15, -0.1) is 0 Å². The number of rotatable bonds is 3. The number of amides is 2. The fraction of sp³-hybridized carbons (Fsp3) is 0.688. The van der Waals surface area contributed by atoms with Gasteiger partial charge in [-0.1, -0.05) is 19.3 Å². The zero-order valence-electron chi connectivity index (χ0n) is 13.1. The molecule has 3 rings (SSSR count). The number of aromatic nitrogens is 2. The third-order valence-electron chi connectivity index (χ3n) is 4.89. The summed E-state index contributed by atoms with van der Waals surface area (Å²) in [7, 11) is 1.78. The fourth-order valence-electron chi connectivity index (χ4n) is 3.57. The summed E-state index contributed by atoms with van der Waals surface area (Å²) in [6.07, 6.45) is 8.84. The number of hydrogen-bond donors (Lipinski definition) is 2. The van der Waals surface area contributed by atoms with Crippen LogP contribution in [-0.2, 0) is 4.79 Å². The van der Waals surface area contributed by atoms with Crippen molar-refractivity contribution in [2.75, 3.05) is 13.6 Å². The molecular weight excluding hydrogens is 280 g/mol. The van der Waals surface area contributed by atoms with E-state index < -0.39 is 0 Å². The van der Waals surface area contributed by atoms with Crippen LogP contribution >= 0.6 is 0 Å². The van der Waals surface area contributed by atoms with E-state index in [9.17, 15) is 9.59 Å². The van der Waals surface area contributed by atoms with E-state index in [1.807, 2.05) is 0 Å². The van der Waals surface area contributed by atoms with Crippen molar-refractivity contribution >= 4 is 11.8 Å². The molecule has 6 heteroatoms. The second-order valence-corrected chi connectivity index (χ2v) is 6.52. The highest BCUT2D eigenvalue weighted by atomic mass is 16.2. The van der Waals surface area contributed by atoms with Crippen LogP contribution in [0, 0.1) is 0 Å². The Bertz CT molecular complexity index is 548. The maximum absolute atomic E-state index is 12.6. The summed E-state index contributed by atoms with van der Waals surface area (Å²) in [5.41, 5.74) is 1.66. The third-order valence-corrected chi connectivity index (χ3v) is 4.89. The van der Waals surface area contributed by atoms with Gasteiger partial charge in [-0.05, 0) is 19.3 Å². The predicted molar refractivity (Wildman–Crippen MR) is 82.5 cm³/mol. The van der Waals surface area contributed by atoms with Crippen LogP contribution in [0.3, 0.4) is 0 Å². The van der Waals surface area contributed by atoms with Gasteiger partial charge in [-0.25, -0.2) is 0 Å². The minimum atomic E-state index is -0.0675. The molecule has 1 saturated heterocycles. The van der Waals surface area contributed by atoms with Crippen molar-refractivity contribution in [1.82, 2.24) is 20.4 Å². The van der Waals surface area contributed by atoms with E-state index >= 15 is 0 Å². The van der Waals surface area contributed by atoms with Gasteiger partial charge in [0.2, 0.25) is 5.91 Å². The summed E-state index contributed by atoms with van der Waals surface area (Å²) in [5.74, 6) is 0.506. The first-order valence-corrected chi connectivity index (χ1v) is 8.23. The molecule has 22 heavy (non-hydrogen) atoms. The normalized spacial score (nSPS) is 23.6. The van der Waals surface area contributed by atoms with E-state index in [0.29, 0.717) is 30.9 Å². The number of nitrogens with one attached hydrogen (secondary N) is 2. The lowest BCUT2D eigenvalue weighted by molar-refractivity contribution is -0.132. The van der Waals surface area contributed by atoms with Crippen molar-refractivity contribution in [1.29, 1.82) is 0 Å². The molecule has 2 amide bonds. The second kappa shape index (κ2) is 6.50. The minimum absolute atomic E-state index is 0.0318. The number of piperidine rings is 1. The zero-order chi connectivity index (χ0) is 15.5. The van der Waals surface area contributed by atoms with Gasteiger partial charge in [0.05, 0.1) is 17.5 Å². The molecule has 2 fully saturated rings. The summed E-state index contributed by atoms with van der Waals surface area (Å²) >= 11 is 0. The summed E-state index contributed by atoms with van der Waals surface area (Å²) in [5, 5.41) is 10.2. The Morgan fingerprint density at radius 2 is 2.09 bits per heavy atom. The number of hydrogen-bond acceptors (Lipinski definition) is 3. The molecule has 1 aromatic heterocycles. The van der Waals surface area contributed by atoms with E-state index in [4.69, 9.17) is 0 Å². The largest absolute Gasteiger partial charge is 0.347 e. The Morgan fingerprint density at radius 3 is 2.82 bits per heavy atom. The summed E-state index contributed by atoms with van der Waals surface area (Å²) in [6.45, 7) is 0.585. The molecule has 6 nitrogen and oxygen atoms in total. The van der Waals surface area contributed by atoms with Crippen molar-refractivity contribution in [2.24, 2.45) is 0 Å². The Balaban J connectivity index is 1.65. The monoisotopic (exact) mass is 304 g/mol. The lowest BCUT2D eigenvalue weighted by atomic mass is 9.85. The van der Waals surface area contributed by atoms with E-state index in [1.165, 1.54) is 19.3 Å². The van der Waals surface area contributed by atoms with Crippen LogP contribution in [0.25, 0.3) is 0 Å². The summed E-state index contributed by atoms with van der Waals surface area (Å²) in [4.78, 5) is 25.8. The first-order valence-electron chi connectivity index (χ1n) is 8.23. The standard InChI is InChI=1S/C16H24N4O2/c1-20-10-12(7-8-14(20)21)18-16(22)13-9-17-19-15(13)11-5-3-2-4-6-11/h9,11-12H,2-8,10H2,1H3,(H,17,19)(H,18,22)/t12-/m0/s1. The molecule has 1 saturated carbocycles. The molecule has 0 aromatic carbocycles. The molecule has 120 valence electrons. The van der Waals surface area contributed by atoms with E-state index in [2.05, 4.69) is 15.5 Å². The number of likely N-dealkylation sites (N-methyl/N-ethyl adjacent to an activating group) is 1. The Morgan fingerprint density at radius 1 is 1.32 bits per heavy atom. The van der Waals surface area contributed by atoms with Crippen molar-refractivity contribution in [3.8, 4) is 0 Å². The van der Waals surface area contributed by atoms with Crippen molar-refractivity contribution < 1.29 is 9.59 Å². The number of H-pyrrole nitrogens is 1. The van der Waals surface area contributed by atoms with Crippen molar-refractivity contribution in [3.63, 3.8) is 0 Å². The minimum Gasteiger partial charge on any atom is -0.347 e. The molecule has 2 aliphatic rings. The van der Waals surface area contributed by atoms with Gasteiger partial charge in [-0.2, -0.15) is 5.10 Å². The molecular formula is C16H24N4O2. The maximum atomic E-state index is 12.6. The highest BCUT2D eigenvalue weighted by Gasteiger charge is 2.27. The number of likely N-dealkylation sites (tertiary alicyclic amines) is 1. The first-order chi connectivity index (χ1) is 10.6. The van der Waals surface area contributed by atoms with Crippen LogP contribution in [0.4, 0.5) is 0 Å². The van der Waals surface area contributed by atoms with Gasteiger partial charge in [0.25, 0.3) is 5.91 Å². The third kappa shape index (κ3) is 3.15. The molecule has 0 spiro atoms. The van der Waals surface area contributed by atoms with E-state index in [0.717, 1.165) is 18.5 Å². The zero-order valence-corrected chi connectivity index (χ0v) is 13.1. The predicted octanol–water partition coefficient (Wildman–Crippen LogP) is 1.81. The van der Waals surface area contributed by atoms with Crippen LogP contribution < -0.4 is 5.32 Å². The Labute approximate surface area is 130 Å². The molecule has 2 heterocycles. The van der Waals surface area contributed by atoms with Gasteiger partial charge in [-0.3, -0.25) is 14.7 Å². The Hall–Kier alpha value is -1.85. The smallest absolute Gasteiger partial charge is 0.255 e. The topological polar surface area (TPSA) is 78.1 Å². The first kappa shape index (κ1) is 15.1. The van der Waals surface area contributed by atoms with Crippen LogP contribution in [0.1, 0.15) is 66.9 Å². The average Bonchev–Trinajstić information content (AvgIpc) is 3.01. The van der Waals surface area contributed by atoms with Crippen molar-refractivity contribution in [3.05, 3.63) is 17.5 Å². The molecule has 0 unspecified atom stereocenters. The van der Waals surface area contributed by atoms with E-state index in [1.54, 1.807) is 18.1 Å². The molecule has 1 aromatic rings. The number of aromatic amines is 1. The van der Waals surface area contributed by atoms with Gasteiger partial charge in [0, 0.05) is 32.0 Å². The van der Waals surface area contributed by atoms with Crippen molar-refractivity contribution in [2.45, 2.75) is 56.9 Å². The number of carbonyl (C=O) groups is 2. The van der Waals surface area contributed by atoms with Gasteiger partial charge < -0.3 is 10.2 Å². The van der Waals surface area contributed by atoms with Gasteiger partial charge in [0.15, 0.2) is 0 Å². The van der Waals surface area contributed by atoms with Crippen LogP contribution in [0.5, 0.6) is 0 Å². The summed E-state index contributed by atoms with van der Waals surface area (Å²) < 4.78 is 0. The van der Waals surface area contributed by atoms with Gasteiger partial charge >= 0.3 is 0 Å².